The lowest BCUT2D eigenvalue weighted by atomic mass is 10.1. The van der Waals surface area contributed by atoms with Crippen LogP contribution < -0.4 is 0 Å². The Bertz CT molecular complexity index is 324. The van der Waals surface area contributed by atoms with E-state index in [1.807, 2.05) is 0 Å². The zero-order valence-electron chi connectivity index (χ0n) is 7.19. The van der Waals surface area contributed by atoms with Gasteiger partial charge in [0.2, 0.25) is 0 Å². The number of aromatic nitrogens is 1. The van der Waals surface area contributed by atoms with Crippen molar-refractivity contribution in [3.8, 4) is 0 Å². The van der Waals surface area contributed by atoms with E-state index in [2.05, 4.69) is 4.98 Å². The third-order valence-electron chi connectivity index (χ3n) is 1.86. The predicted octanol–water partition coefficient (Wildman–Crippen LogP) is 1.81. The van der Waals surface area contributed by atoms with Crippen LogP contribution in [0.2, 0.25) is 0 Å². The number of carboxylic acids is 1. The van der Waals surface area contributed by atoms with Crippen LogP contribution in [-0.2, 0) is 10.7 Å². The molecule has 72 valence electrons. The topological polar surface area (TPSA) is 53.1 Å². The van der Waals surface area contributed by atoms with Crippen molar-refractivity contribution in [3.63, 3.8) is 0 Å². The Morgan fingerprint density at radius 1 is 1.54 bits per heavy atom. The van der Waals surface area contributed by atoms with Crippen LogP contribution in [0, 0.1) is 13.8 Å². The molecule has 5 heteroatoms. The highest BCUT2D eigenvalue weighted by Gasteiger charge is 2.44. The fourth-order valence-electron chi connectivity index (χ4n) is 1.25. The highest BCUT2D eigenvalue weighted by molar-refractivity contribution is 5.78. The van der Waals surface area contributed by atoms with Crippen molar-refractivity contribution >= 4 is 5.97 Å². The average Bonchev–Trinajstić information content (AvgIpc) is 2.30. The summed E-state index contributed by atoms with van der Waals surface area (Å²) >= 11 is 0. The Morgan fingerprint density at radius 3 is 2.38 bits per heavy atom. The van der Waals surface area contributed by atoms with Gasteiger partial charge in [-0.25, -0.2) is 4.79 Å². The monoisotopic (exact) mass is 189 g/mol. The van der Waals surface area contributed by atoms with E-state index in [1.54, 1.807) is 0 Å². The van der Waals surface area contributed by atoms with Gasteiger partial charge >= 0.3 is 11.9 Å². The Kier molecular flexibility index (Phi) is 2.11. The summed E-state index contributed by atoms with van der Waals surface area (Å²) in [5.41, 5.74) is -0.00481. The molecule has 0 aliphatic rings. The second-order valence-corrected chi connectivity index (χ2v) is 2.85. The lowest BCUT2D eigenvalue weighted by Crippen LogP contribution is -2.26. The number of aryl methyl sites for hydroxylation is 2. The Hall–Kier alpha value is -1.39. The van der Waals surface area contributed by atoms with Crippen LogP contribution in [0.4, 0.5) is 8.78 Å². The van der Waals surface area contributed by atoms with Crippen molar-refractivity contribution < 1.29 is 18.7 Å². The van der Waals surface area contributed by atoms with Crippen LogP contribution in [0.5, 0.6) is 0 Å². The van der Waals surface area contributed by atoms with Gasteiger partial charge < -0.3 is 10.1 Å². The quantitative estimate of drug-likeness (QED) is 0.745. The maximum atomic E-state index is 13.0. The Labute approximate surface area is 73.4 Å². The van der Waals surface area contributed by atoms with Gasteiger partial charge in [-0.1, -0.05) is 0 Å². The van der Waals surface area contributed by atoms with Gasteiger partial charge in [0.25, 0.3) is 0 Å². The fraction of sp³-hybridized carbons (Fsp3) is 0.375. The number of rotatable bonds is 2. The number of halogens is 2. The third kappa shape index (κ3) is 1.41. The van der Waals surface area contributed by atoms with Crippen molar-refractivity contribution in [2.45, 2.75) is 19.8 Å². The standard InChI is InChI=1S/C8H9F2NO2/c1-4-3-11-5(2)6(4)8(9,10)7(12)13/h3,11H,1-2H3,(H,12,13). The number of H-pyrrole nitrogens is 1. The van der Waals surface area contributed by atoms with Gasteiger partial charge in [-0.2, -0.15) is 8.78 Å². The van der Waals surface area contributed by atoms with E-state index in [1.165, 1.54) is 20.0 Å². The maximum Gasteiger partial charge on any atom is 0.379 e. The normalized spacial score (nSPS) is 11.7. The molecule has 0 atom stereocenters. The molecule has 0 unspecified atom stereocenters. The molecule has 0 radical (unpaired) electrons. The largest absolute Gasteiger partial charge is 0.477 e. The number of hydrogen-bond donors (Lipinski definition) is 2. The first-order valence-electron chi connectivity index (χ1n) is 3.63. The summed E-state index contributed by atoms with van der Waals surface area (Å²) in [7, 11) is 0. The molecule has 0 amide bonds. The van der Waals surface area contributed by atoms with Crippen molar-refractivity contribution in [2.24, 2.45) is 0 Å². The number of aliphatic carboxylic acids is 1. The first-order valence-corrected chi connectivity index (χ1v) is 3.63. The number of alkyl halides is 2. The minimum Gasteiger partial charge on any atom is -0.477 e. The third-order valence-corrected chi connectivity index (χ3v) is 1.86. The van der Waals surface area contributed by atoms with Crippen molar-refractivity contribution in [3.05, 3.63) is 23.0 Å². The number of hydrogen-bond acceptors (Lipinski definition) is 1. The predicted molar refractivity (Wildman–Crippen MR) is 41.8 cm³/mol. The van der Waals surface area contributed by atoms with E-state index < -0.39 is 17.5 Å². The molecule has 1 aromatic rings. The zero-order valence-corrected chi connectivity index (χ0v) is 7.19. The lowest BCUT2D eigenvalue weighted by Gasteiger charge is -2.11. The average molecular weight is 189 g/mol. The zero-order chi connectivity index (χ0) is 10.2. The highest BCUT2D eigenvalue weighted by Crippen LogP contribution is 2.32. The summed E-state index contributed by atoms with van der Waals surface area (Å²) in [5.74, 6) is -5.94. The number of carbonyl (C=O) groups is 1. The molecule has 0 fully saturated rings. The van der Waals surface area contributed by atoms with Crippen LogP contribution in [0.3, 0.4) is 0 Å². The van der Waals surface area contributed by atoms with E-state index in [4.69, 9.17) is 5.11 Å². The molecular formula is C8H9F2NO2. The van der Waals surface area contributed by atoms with Gasteiger partial charge in [0.05, 0.1) is 5.56 Å². The molecule has 1 rings (SSSR count). The van der Waals surface area contributed by atoms with E-state index in [0.717, 1.165) is 0 Å². The van der Waals surface area contributed by atoms with E-state index in [0.29, 0.717) is 0 Å². The molecule has 0 aliphatic carbocycles. The van der Waals surface area contributed by atoms with Crippen LogP contribution >= 0.6 is 0 Å². The minimum atomic E-state index is -3.81. The molecule has 0 spiro atoms. The Morgan fingerprint density at radius 2 is 2.08 bits per heavy atom. The first-order chi connectivity index (χ1) is 5.87. The van der Waals surface area contributed by atoms with Gasteiger partial charge in [0.1, 0.15) is 0 Å². The van der Waals surface area contributed by atoms with Crippen molar-refractivity contribution in [1.82, 2.24) is 4.98 Å². The van der Waals surface area contributed by atoms with Crippen LogP contribution in [0.1, 0.15) is 16.8 Å². The summed E-state index contributed by atoms with van der Waals surface area (Å²) in [5, 5.41) is 8.30. The molecule has 0 saturated carbocycles. The maximum absolute atomic E-state index is 13.0. The molecule has 2 N–H and O–H groups in total. The summed E-state index contributed by atoms with van der Waals surface area (Å²) < 4.78 is 26.0. The minimum absolute atomic E-state index is 0.185. The molecule has 13 heavy (non-hydrogen) atoms. The second kappa shape index (κ2) is 2.83. The number of carboxylic acid groups (broad SMARTS) is 1. The van der Waals surface area contributed by atoms with Gasteiger partial charge in [-0.3, -0.25) is 0 Å². The molecular weight excluding hydrogens is 180 g/mol. The van der Waals surface area contributed by atoms with Crippen LogP contribution in [0.25, 0.3) is 0 Å². The van der Waals surface area contributed by atoms with Crippen LogP contribution in [-0.4, -0.2) is 16.1 Å². The van der Waals surface area contributed by atoms with Gasteiger partial charge in [0.15, 0.2) is 0 Å². The summed E-state index contributed by atoms with van der Waals surface area (Å²) in [6.07, 6.45) is 1.36. The molecule has 1 heterocycles. The second-order valence-electron chi connectivity index (χ2n) is 2.85. The summed E-state index contributed by atoms with van der Waals surface area (Å²) in [6.45, 7) is 2.86. The molecule has 0 saturated heterocycles. The fourth-order valence-corrected chi connectivity index (χ4v) is 1.25. The smallest absolute Gasteiger partial charge is 0.379 e. The van der Waals surface area contributed by atoms with Gasteiger partial charge in [-0.15, -0.1) is 0 Å². The lowest BCUT2D eigenvalue weighted by molar-refractivity contribution is -0.166. The molecule has 3 nitrogen and oxygen atoms in total. The van der Waals surface area contributed by atoms with E-state index >= 15 is 0 Å². The molecule has 1 aromatic heterocycles. The van der Waals surface area contributed by atoms with Crippen molar-refractivity contribution in [1.29, 1.82) is 0 Å². The molecule has 0 bridgehead atoms. The molecule has 0 aromatic carbocycles. The van der Waals surface area contributed by atoms with E-state index in [-0.39, 0.29) is 11.3 Å². The SMILES string of the molecule is Cc1c[nH]c(C)c1C(F)(F)C(=O)O. The summed E-state index contributed by atoms with van der Waals surface area (Å²) in [4.78, 5) is 12.8. The Balaban J connectivity index is 3.28. The van der Waals surface area contributed by atoms with Crippen molar-refractivity contribution in [2.75, 3.05) is 0 Å². The van der Waals surface area contributed by atoms with Crippen LogP contribution in [0.15, 0.2) is 6.20 Å². The van der Waals surface area contributed by atoms with E-state index in [9.17, 15) is 13.6 Å². The summed E-state index contributed by atoms with van der Waals surface area (Å²) in [6, 6.07) is 0. The number of aromatic amines is 1. The first kappa shape index (κ1) is 9.70. The van der Waals surface area contributed by atoms with Gasteiger partial charge in [0, 0.05) is 11.9 Å². The van der Waals surface area contributed by atoms with Gasteiger partial charge in [-0.05, 0) is 19.4 Å². The highest BCUT2D eigenvalue weighted by atomic mass is 19.3. The number of nitrogens with one attached hydrogen (secondary N) is 1. The molecule has 0 aliphatic heterocycles.